The van der Waals surface area contributed by atoms with Crippen molar-refractivity contribution in [1.82, 2.24) is 14.9 Å². The fourth-order valence-electron chi connectivity index (χ4n) is 1.85. The lowest BCUT2D eigenvalue weighted by molar-refractivity contribution is 0.0945. The molecule has 0 spiro atoms. The normalized spacial score (nSPS) is 13.3. The average molecular weight is 277 g/mol. The molecule has 1 N–H and O–H groups in total. The Hall–Kier alpha value is -2.02. The molecule has 0 saturated heterocycles. The lowest BCUT2D eigenvalue weighted by Crippen LogP contribution is -2.33. The maximum absolute atomic E-state index is 12.1. The number of hydrogen-bond acceptors (Lipinski definition) is 5. The van der Waals surface area contributed by atoms with Crippen molar-refractivity contribution in [2.24, 2.45) is 0 Å². The Labute approximate surface area is 112 Å². The van der Waals surface area contributed by atoms with Gasteiger partial charge in [0.1, 0.15) is 11.3 Å². The highest BCUT2D eigenvalue weighted by atomic mass is 32.2. The number of thioether (sulfide) groups is 1. The summed E-state index contributed by atoms with van der Waals surface area (Å²) in [5.41, 5.74) is -0.218. The first-order valence-corrected chi connectivity index (χ1v) is 6.77. The van der Waals surface area contributed by atoms with Gasteiger partial charge in [-0.3, -0.25) is 14.2 Å². The standard InChI is InChI=1S/C12H11N3O3S/c16-10(13-6-8-2-1-4-18-8)9-7-14-12-15(11(9)17)3-5-19-12/h1-2,4,7H,3,5-6H2,(H,13,16). The molecule has 0 saturated carbocycles. The summed E-state index contributed by atoms with van der Waals surface area (Å²) in [5.74, 6) is 1.03. The minimum Gasteiger partial charge on any atom is -0.467 e. The van der Waals surface area contributed by atoms with Crippen molar-refractivity contribution < 1.29 is 9.21 Å². The molecule has 0 aromatic carbocycles. The number of amides is 1. The van der Waals surface area contributed by atoms with Crippen molar-refractivity contribution in [3.05, 3.63) is 46.3 Å². The molecular formula is C12H11N3O3S. The molecule has 0 bridgehead atoms. The Kier molecular flexibility index (Phi) is 3.12. The molecule has 0 fully saturated rings. The fourth-order valence-corrected chi connectivity index (χ4v) is 2.76. The first-order valence-electron chi connectivity index (χ1n) is 5.79. The Morgan fingerprint density at radius 2 is 2.47 bits per heavy atom. The zero-order valence-corrected chi connectivity index (χ0v) is 10.8. The predicted octanol–water partition coefficient (Wildman–Crippen LogP) is 0.872. The molecule has 2 aromatic heterocycles. The van der Waals surface area contributed by atoms with Crippen molar-refractivity contribution in [3.63, 3.8) is 0 Å². The van der Waals surface area contributed by atoms with Crippen molar-refractivity contribution in [3.8, 4) is 0 Å². The molecular weight excluding hydrogens is 266 g/mol. The number of nitrogens with zero attached hydrogens (tertiary/aromatic N) is 2. The maximum Gasteiger partial charge on any atom is 0.267 e. The molecule has 3 rings (SSSR count). The van der Waals surface area contributed by atoms with Gasteiger partial charge in [-0.15, -0.1) is 0 Å². The van der Waals surface area contributed by atoms with Crippen LogP contribution in [0.3, 0.4) is 0 Å². The number of hydrogen-bond donors (Lipinski definition) is 1. The molecule has 1 aliphatic heterocycles. The second-order valence-electron chi connectivity index (χ2n) is 4.02. The quantitative estimate of drug-likeness (QED) is 0.842. The van der Waals surface area contributed by atoms with Crippen LogP contribution in [0.1, 0.15) is 16.1 Å². The summed E-state index contributed by atoms with van der Waals surface area (Å²) < 4.78 is 6.64. The molecule has 0 radical (unpaired) electrons. The second-order valence-corrected chi connectivity index (χ2v) is 5.08. The van der Waals surface area contributed by atoms with Gasteiger partial charge in [0, 0.05) is 18.5 Å². The van der Waals surface area contributed by atoms with E-state index in [-0.39, 0.29) is 17.7 Å². The summed E-state index contributed by atoms with van der Waals surface area (Å²) in [5, 5.41) is 3.31. The topological polar surface area (TPSA) is 77.1 Å². The van der Waals surface area contributed by atoms with E-state index in [0.29, 0.717) is 17.5 Å². The van der Waals surface area contributed by atoms with E-state index in [1.165, 1.54) is 28.8 Å². The molecule has 3 heterocycles. The van der Waals surface area contributed by atoms with Crippen LogP contribution in [0.2, 0.25) is 0 Å². The Bertz CT molecular complexity index is 663. The molecule has 2 aromatic rings. The third-order valence-corrected chi connectivity index (χ3v) is 3.78. The summed E-state index contributed by atoms with van der Waals surface area (Å²) in [6, 6.07) is 3.50. The summed E-state index contributed by atoms with van der Waals surface area (Å²) >= 11 is 1.52. The molecule has 7 heteroatoms. The van der Waals surface area contributed by atoms with Crippen molar-refractivity contribution in [2.45, 2.75) is 18.2 Å². The Morgan fingerprint density at radius 3 is 3.26 bits per heavy atom. The van der Waals surface area contributed by atoms with Crippen LogP contribution < -0.4 is 10.9 Å². The van der Waals surface area contributed by atoms with Gasteiger partial charge in [0.15, 0.2) is 5.16 Å². The summed E-state index contributed by atoms with van der Waals surface area (Å²) in [4.78, 5) is 28.2. The first kappa shape index (κ1) is 12.0. The minimum atomic E-state index is -0.430. The Morgan fingerprint density at radius 1 is 1.58 bits per heavy atom. The number of rotatable bonds is 3. The van der Waals surface area contributed by atoms with E-state index >= 15 is 0 Å². The van der Waals surface area contributed by atoms with Gasteiger partial charge in [0.05, 0.1) is 12.8 Å². The van der Waals surface area contributed by atoms with E-state index in [1.54, 1.807) is 12.1 Å². The predicted molar refractivity (Wildman–Crippen MR) is 69.1 cm³/mol. The van der Waals surface area contributed by atoms with Crippen LogP contribution in [0.4, 0.5) is 0 Å². The van der Waals surface area contributed by atoms with Crippen LogP contribution in [0.5, 0.6) is 0 Å². The van der Waals surface area contributed by atoms with Crippen LogP contribution in [-0.4, -0.2) is 21.2 Å². The van der Waals surface area contributed by atoms with E-state index in [2.05, 4.69) is 10.3 Å². The smallest absolute Gasteiger partial charge is 0.267 e. The largest absolute Gasteiger partial charge is 0.467 e. The highest BCUT2D eigenvalue weighted by molar-refractivity contribution is 7.99. The lowest BCUT2D eigenvalue weighted by Gasteiger charge is -2.05. The van der Waals surface area contributed by atoms with Crippen molar-refractivity contribution in [1.29, 1.82) is 0 Å². The molecule has 1 aliphatic rings. The van der Waals surface area contributed by atoms with Gasteiger partial charge in [-0.25, -0.2) is 4.98 Å². The Balaban J connectivity index is 1.79. The summed E-state index contributed by atoms with van der Waals surface area (Å²) in [6.45, 7) is 0.854. The molecule has 0 aliphatic carbocycles. The number of nitrogens with one attached hydrogen (secondary N) is 1. The fraction of sp³-hybridized carbons (Fsp3) is 0.250. The minimum absolute atomic E-state index is 0.0674. The van der Waals surface area contributed by atoms with E-state index in [0.717, 1.165) is 5.75 Å². The molecule has 0 atom stereocenters. The number of fused-ring (bicyclic) bond motifs is 1. The van der Waals surface area contributed by atoms with Crippen LogP contribution in [0.25, 0.3) is 0 Å². The number of aromatic nitrogens is 2. The first-order chi connectivity index (χ1) is 9.25. The number of carbonyl (C=O) groups excluding carboxylic acids is 1. The molecule has 6 nitrogen and oxygen atoms in total. The zero-order chi connectivity index (χ0) is 13.2. The summed E-state index contributed by atoms with van der Waals surface area (Å²) in [7, 11) is 0. The SMILES string of the molecule is O=C(NCc1ccco1)c1cnc2n(c1=O)CCS2. The zero-order valence-electron chi connectivity index (χ0n) is 9.96. The lowest BCUT2D eigenvalue weighted by atomic mass is 10.3. The maximum atomic E-state index is 12.1. The van der Waals surface area contributed by atoms with E-state index in [9.17, 15) is 9.59 Å². The van der Waals surface area contributed by atoms with Crippen LogP contribution in [-0.2, 0) is 13.1 Å². The van der Waals surface area contributed by atoms with Gasteiger partial charge >= 0.3 is 0 Å². The molecule has 19 heavy (non-hydrogen) atoms. The molecule has 1 amide bonds. The van der Waals surface area contributed by atoms with Gasteiger partial charge in [0.2, 0.25) is 0 Å². The van der Waals surface area contributed by atoms with Gasteiger partial charge in [0.25, 0.3) is 11.5 Å². The second kappa shape index (κ2) is 4.93. The van der Waals surface area contributed by atoms with E-state index in [1.807, 2.05) is 0 Å². The number of carbonyl (C=O) groups is 1. The van der Waals surface area contributed by atoms with Crippen molar-refractivity contribution in [2.75, 3.05) is 5.75 Å². The van der Waals surface area contributed by atoms with Gasteiger partial charge in [-0.2, -0.15) is 0 Å². The number of furan rings is 1. The average Bonchev–Trinajstić information content (AvgIpc) is 3.07. The highest BCUT2D eigenvalue weighted by Gasteiger charge is 2.19. The van der Waals surface area contributed by atoms with E-state index in [4.69, 9.17) is 4.42 Å². The molecule has 0 unspecified atom stereocenters. The van der Waals surface area contributed by atoms with Crippen LogP contribution >= 0.6 is 11.8 Å². The van der Waals surface area contributed by atoms with E-state index < -0.39 is 5.91 Å². The highest BCUT2D eigenvalue weighted by Crippen LogP contribution is 2.20. The summed E-state index contributed by atoms with van der Waals surface area (Å²) in [6.07, 6.45) is 2.87. The van der Waals surface area contributed by atoms with Gasteiger partial charge in [-0.05, 0) is 12.1 Å². The van der Waals surface area contributed by atoms with Crippen LogP contribution in [0, 0.1) is 0 Å². The van der Waals surface area contributed by atoms with Gasteiger partial charge in [-0.1, -0.05) is 11.8 Å². The van der Waals surface area contributed by atoms with Crippen LogP contribution in [0.15, 0.2) is 39.0 Å². The third-order valence-electron chi connectivity index (χ3n) is 2.80. The third kappa shape index (κ3) is 2.28. The van der Waals surface area contributed by atoms with Crippen molar-refractivity contribution >= 4 is 17.7 Å². The van der Waals surface area contributed by atoms with Gasteiger partial charge < -0.3 is 9.73 Å². The monoisotopic (exact) mass is 277 g/mol. The molecule has 98 valence electrons.